The molecule has 4 aliphatic rings. The highest BCUT2D eigenvalue weighted by molar-refractivity contribution is 6.32. The summed E-state index contributed by atoms with van der Waals surface area (Å²) in [5.74, 6) is 1.19. The van der Waals surface area contributed by atoms with Gasteiger partial charge >= 0.3 is 11.9 Å². The van der Waals surface area contributed by atoms with Crippen LogP contribution < -0.4 is 0 Å². The van der Waals surface area contributed by atoms with Crippen molar-refractivity contribution in [2.45, 2.75) is 111 Å². The van der Waals surface area contributed by atoms with Crippen LogP contribution in [0, 0.1) is 34.5 Å². The van der Waals surface area contributed by atoms with Gasteiger partial charge in [-0.25, -0.2) is 4.79 Å². The maximum Gasteiger partial charge on any atom is 0.397 e. The lowest BCUT2D eigenvalue weighted by atomic mass is 9.47. The van der Waals surface area contributed by atoms with Crippen molar-refractivity contribution in [3.05, 3.63) is 11.6 Å². The van der Waals surface area contributed by atoms with E-state index in [-0.39, 0.29) is 23.0 Å². The lowest BCUT2D eigenvalue weighted by Gasteiger charge is -2.58. The SMILES string of the molecule is CCCN(CCC)C(=O)C(=O)O[C@@H](C)[C@H]1CC[C@H]2[C@@H]3CC=C4C[C@@H](O)CC[C@]4(C)[C@H]3CC[C@]12C. The van der Waals surface area contributed by atoms with Crippen molar-refractivity contribution in [2.24, 2.45) is 34.5 Å². The molecule has 34 heavy (non-hydrogen) atoms. The van der Waals surface area contributed by atoms with Gasteiger partial charge in [-0.1, -0.05) is 39.3 Å². The summed E-state index contributed by atoms with van der Waals surface area (Å²) in [4.78, 5) is 27.2. The third-order valence-electron chi connectivity index (χ3n) is 10.5. The normalized spacial score (nSPS) is 39.8. The maximum absolute atomic E-state index is 12.8. The van der Waals surface area contributed by atoms with Crippen LogP contribution in [0.25, 0.3) is 0 Å². The summed E-state index contributed by atoms with van der Waals surface area (Å²) in [5, 5.41) is 10.2. The number of hydrogen-bond donors (Lipinski definition) is 1. The number of nitrogens with zero attached hydrogens (tertiary/aromatic N) is 1. The van der Waals surface area contributed by atoms with Crippen LogP contribution in [-0.2, 0) is 14.3 Å². The standard InChI is InChI=1S/C29H47NO4/c1-6-16-30(17-7-2)26(32)27(33)34-19(3)23-10-11-24-22-9-8-20-18-21(31)12-14-28(20,4)25(22)13-15-29(23,24)5/h8,19,21-25,31H,6-7,9-18H2,1-5H3/t19-,21-,22-,23+,24-,25-,28-,29+/m0/s1. The highest BCUT2D eigenvalue weighted by atomic mass is 16.5. The van der Waals surface area contributed by atoms with Gasteiger partial charge < -0.3 is 14.7 Å². The number of carbonyl (C=O) groups is 2. The minimum Gasteiger partial charge on any atom is -0.455 e. The number of ether oxygens (including phenoxy) is 1. The van der Waals surface area contributed by atoms with E-state index in [0.29, 0.717) is 36.8 Å². The molecule has 1 N–H and O–H groups in total. The number of amides is 1. The molecule has 0 aliphatic heterocycles. The highest BCUT2D eigenvalue weighted by Gasteiger charge is 2.59. The van der Waals surface area contributed by atoms with Crippen molar-refractivity contribution in [1.82, 2.24) is 4.90 Å². The van der Waals surface area contributed by atoms with E-state index >= 15 is 0 Å². The van der Waals surface area contributed by atoms with Crippen LogP contribution in [-0.4, -0.2) is 47.2 Å². The van der Waals surface area contributed by atoms with Crippen molar-refractivity contribution in [3.8, 4) is 0 Å². The summed E-state index contributed by atoms with van der Waals surface area (Å²) in [7, 11) is 0. The first-order valence-electron chi connectivity index (χ1n) is 14.0. The van der Waals surface area contributed by atoms with Gasteiger partial charge in [0.15, 0.2) is 0 Å². The van der Waals surface area contributed by atoms with Gasteiger partial charge in [-0.3, -0.25) is 4.79 Å². The molecule has 3 fully saturated rings. The van der Waals surface area contributed by atoms with Crippen LogP contribution in [0.2, 0.25) is 0 Å². The summed E-state index contributed by atoms with van der Waals surface area (Å²) >= 11 is 0. The Labute approximate surface area is 206 Å². The molecule has 0 unspecified atom stereocenters. The number of hydrogen-bond acceptors (Lipinski definition) is 4. The molecule has 1 amide bonds. The molecule has 4 rings (SSSR count). The Bertz CT molecular complexity index is 802. The van der Waals surface area contributed by atoms with Crippen molar-refractivity contribution >= 4 is 11.9 Å². The lowest BCUT2D eigenvalue weighted by molar-refractivity contribution is -0.167. The number of aliphatic hydroxyl groups excluding tert-OH is 1. The predicted octanol–water partition coefficient (Wildman–Crippen LogP) is 5.51. The van der Waals surface area contributed by atoms with E-state index in [4.69, 9.17) is 4.74 Å². The molecular formula is C29H47NO4. The summed E-state index contributed by atoms with van der Waals surface area (Å²) in [5.41, 5.74) is 1.91. The lowest BCUT2D eigenvalue weighted by Crippen LogP contribution is -2.51. The molecule has 0 spiro atoms. The number of fused-ring (bicyclic) bond motifs is 5. The smallest absolute Gasteiger partial charge is 0.397 e. The fraction of sp³-hybridized carbons (Fsp3) is 0.862. The molecule has 0 bridgehead atoms. The van der Waals surface area contributed by atoms with Crippen LogP contribution in [0.3, 0.4) is 0 Å². The molecule has 4 aliphatic carbocycles. The van der Waals surface area contributed by atoms with Crippen LogP contribution in [0.4, 0.5) is 0 Å². The summed E-state index contributed by atoms with van der Waals surface area (Å²) in [6, 6.07) is 0. The first kappa shape index (κ1) is 25.7. The quantitative estimate of drug-likeness (QED) is 0.314. The summed E-state index contributed by atoms with van der Waals surface area (Å²) in [6.45, 7) is 12.2. The zero-order chi connectivity index (χ0) is 24.7. The molecule has 192 valence electrons. The Morgan fingerprint density at radius 3 is 2.47 bits per heavy atom. The second kappa shape index (κ2) is 9.95. The van der Waals surface area contributed by atoms with Crippen molar-refractivity contribution in [3.63, 3.8) is 0 Å². The second-order valence-corrected chi connectivity index (χ2v) is 12.3. The Kier molecular flexibility index (Phi) is 7.53. The zero-order valence-electron chi connectivity index (χ0n) is 22.1. The number of esters is 1. The number of aliphatic hydroxyl groups is 1. The van der Waals surface area contributed by atoms with E-state index in [1.165, 1.54) is 24.8 Å². The van der Waals surface area contributed by atoms with Crippen molar-refractivity contribution in [2.75, 3.05) is 13.1 Å². The van der Waals surface area contributed by atoms with Crippen LogP contribution in [0.5, 0.6) is 0 Å². The second-order valence-electron chi connectivity index (χ2n) is 12.3. The van der Waals surface area contributed by atoms with E-state index in [2.05, 4.69) is 19.9 Å². The third-order valence-corrected chi connectivity index (χ3v) is 10.5. The molecule has 5 nitrogen and oxygen atoms in total. The molecule has 3 saturated carbocycles. The molecule has 8 atom stereocenters. The molecule has 5 heteroatoms. The van der Waals surface area contributed by atoms with Gasteiger partial charge in [0.25, 0.3) is 0 Å². The van der Waals surface area contributed by atoms with E-state index in [0.717, 1.165) is 44.9 Å². The fourth-order valence-corrected chi connectivity index (χ4v) is 8.74. The molecule has 0 saturated heterocycles. The predicted molar refractivity (Wildman–Crippen MR) is 134 cm³/mol. The highest BCUT2D eigenvalue weighted by Crippen LogP contribution is 2.66. The van der Waals surface area contributed by atoms with Gasteiger partial charge in [-0.05, 0) is 99.7 Å². The number of carbonyl (C=O) groups excluding carboxylic acids is 2. The maximum atomic E-state index is 12.8. The van der Waals surface area contributed by atoms with Gasteiger partial charge in [0, 0.05) is 19.0 Å². The Morgan fingerprint density at radius 2 is 1.79 bits per heavy atom. The Morgan fingerprint density at radius 1 is 1.09 bits per heavy atom. The molecule has 0 radical (unpaired) electrons. The first-order valence-corrected chi connectivity index (χ1v) is 14.0. The van der Waals surface area contributed by atoms with Gasteiger partial charge in [-0.2, -0.15) is 0 Å². The first-order chi connectivity index (χ1) is 16.2. The van der Waals surface area contributed by atoms with Gasteiger partial charge in [-0.15, -0.1) is 0 Å². The molecule has 0 aromatic rings. The van der Waals surface area contributed by atoms with Crippen molar-refractivity contribution in [1.29, 1.82) is 0 Å². The van der Waals surface area contributed by atoms with Gasteiger partial charge in [0.05, 0.1) is 6.10 Å². The van der Waals surface area contributed by atoms with E-state index < -0.39 is 11.9 Å². The average molecular weight is 474 g/mol. The minimum absolute atomic E-state index is 0.159. The van der Waals surface area contributed by atoms with Crippen LogP contribution >= 0.6 is 0 Å². The topological polar surface area (TPSA) is 66.8 Å². The van der Waals surface area contributed by atoms with E-state index in [1.807, 2.05) is 20.8 Å². The molecule has 0 aromatic carbocycles. The Balaban J connectivity index is 1.45. The zero-order valence-corrected chi connectivity index (χ0v) is 22.1. The van der Waals surface area contributed by atoms with Crippen LogP contribution in [0.15, 0.2) is 11.6 Å². The number of rotatable bonds is 6. The van der Waals surface area contributed by atoms with E-state index in [9.17, 15) is 14.7 Å². The Hall–Kier alpha value is -1.36. The van der Waals surface area contributed by atoms with Crippen LogP contribution in [0.1, 0.15) is 98.8 Å². The summed E-state index contributed by atoms with van der Waals surface area (Å²) in [6.07, 6.45) is 12.4. The molecule has 0 heterocycles. The average Bonchev–Trinajstić information content (AvgIpc) is 3.16. The fourth-order valence-electron chi connectivity index (χ4n) is 8.74. The van der Waals surface area contributed by atoms with Crippen molar-refractivity contribution < 1.29 is 19.4 Å². The molecular weight excluding hydrogens is 426 g/mol. The van der Waals surface area contributed by atoms with E-state index in [1.54, 1.807) is 4.90 Å². The third kappa shape index (κ3) is 4.35. The monoisotopic (exact) mass is 473 g/mol. The van der Waals surface area contributed by atoms with Gasteiger partial charge in [0.1, 0.15) is 6.10 Å². The minimum atomic E-state index is -0.673. The largest absolute Gasteiger partial charge is 0.455 e. The molecule has 0 aromatic heterocycles. The summed E-state index contributed by atoms with van der Waals surface area (Å²) < 4.78 is 5.87. The van der Waals surface area contributed by atoms with Gasteiger partial charge in [0.2, 0.25) is 0 Å². The number of allylic oxidation sites excluding steroid dienone is 1.